The van der Waals surface area contributed by atoms with Crippen molar-refractivity contribution in [1.29, 1.82) is 0 Å². The van der Waals surface area contributed by atoms with Crippen molar-refractivity contribution in [3.8, 4) is 11.5 Å². The molecular formula is C14H11ClF3N3O2. The summed E-state index contributed by atoms with van der Waals surface area (Å²) >= 11 is 5.73. The summed E-state index contributed by atoms with van der Waals surface area (Å²) in [5.41, 5.74) is 1.80. The van der Waals surface area contributed by atoms with Gasteiger partial charge in [0.1, 0.15) is 0 Å². The minimum Gasteiger partial charge on any atom is -0.504 e. The molecule has 2 rings (SSSR count). The van der Waals surface area contributed by atoms with Crippen LogP contribution in [0.2, 0.25) is 5.02 Å². The van der Waals surface area contributed by atoms with Crippen molar-refractivity contribution in [2.45, 2.75) is 6.18 Å². The number of anilines is 1. The fraction of sp³-hybridized carbons (Fsp3) is 0.143. The van der Waals surface area contributed by atoms with E-state index in [0.717, 1.165) is 6.07 Å². The van der Waals surface area contributed by atoms with Gasteiger partial charge in [-0.2, -0.15) is 18.3 Å². The molecule has 0 saturated heterocycles. The number of pyridine rings is 1. The van der Waals surface area contributed by atoms with Gasteiger partial charge in [0.05, 0.1) is 23.9 Å². The van der Waals surface area contributed by atoms with E-state index >= 15 is 0 Å². The van der Waals surface area contributed by atoms with Crippen LogP contribution >= 0.6 is 11.6 Å². The fourth-order valence-corrected chi connectivity index (χ4v) is 1.85. The maximum atomic E-state index is 12.5. The summed E-state index contributed by atoms with van der Waals surface area (Å²) in [6.45, 7) is 0. The summed E-state index contributed by atoms with van der Waals surface area (Å²) < 4.78 is 42.4. The molecule has 2 aromatic rings. The van der Waals surface area contributed by atoms with E-state index in [4.69, 9.17) is 16.3 Å². The summed E-state index contributed by atoms with van der Waals surface area (Å²) in [5, 5.41) is 13.4. The first kappa shape index (κ1) is 16.9. The number of rotatable bonds is 4. The molecule has 0 aliphatic rings. The van der Waals surface area contributed by atoms with Crippen molar-refractivity contribution >= 4 is 23.6 Å². The van der Waals surface area contributed by atoms with E-state index in [0.29, 0.717) is 11.8 Å². The van der Waals surface area contributed by atoms with Crippen LogP contribution in [0, 0.1) is 0 Å². The number of aromatic hydroxyl groups is 1. The number of hydrogen-bond donors (Lipinski definition) is 2. The minimum atomic E-state index is -4.52. The van der Waals surface area contributed by atoms with Gasteiger partial charge in [0.2, 0.25) is 0 Å². The topological polar surface area (TPSA) is 66.7 Å². The average Bonchev–Trinajstić information content (AvgIpc) is 2.49. The molecule has 0 aliphatic heterocycles. The SMILES string of the molecule is COc1cccc(/C=N/Nc2ncc(C(F)(F)F)cc2Cl)c1O. The van der Waals surface area contributed by atoms with Crippen LogP contribution in [0.4, 0.5) is 19.0 Å². The molecule has 0 unspecified atom stereocenters. The Kier molecular flexibility index (Phi) is 4.95. The molecule has 5 nitrogen and oxygen atoms in total. The van der Waals surface area contributed by atoms with Crippen LogP contribution in [0.5, 0.6) is 11.5 Å². The molecule has 0 amide bonds. The number of phenols is 1. The average molecular weight is 346 g/mol. The Morgan fingerprint density at radius 2 is 2.13 bits per heavy atom. The number of phenolic OH excluding ortho intramolecular Hbond substituents is 1. The van der Waals surface area contributed by atoms with Gasteiger partial charge in [-0.3, -0.25) is 5.43 Å². The number of ether oxygens (including phenoxy) is 1. The molecule has 0 atom stereocenters. The number of benzene rings is 1. The van der Waals surface area contributed by atoms with E-state index in [9.17, 15) is 18.3 Å². The van der Waals surface area contributed by atoms with Crippen molar-refractivity contribution in [2.24, 2.45) is 5.10 Å². The van der Waals surface area contributed by atoms with Gasteiger partial charge in [0.25, 0.3) is 0 Å². The maximum Gasteiger partial charge on any atom is 0.417 e. The molecule has 9 heteroatoms. The highest BCUT2D eigenvalue weighted by Gasteiger charge is 2.31. The van der Waals surface area contributed by atoms with Gasteiger partial charge in [-0.25, -0.2) is 4.98 Å². The first-order chi connectivity index (χ1) is 10.8. The highest BCUT2D eigenvalue weighted by Crippen LogP contribution is 2.32. The van der Waals surface area contributed by atoms with E-state index in [1.165, 1.54) is 13.3 Å². The van der Waals surface area contributed by atoms with E-state index in [1.54, 1.807) is 18.2 Å². The monoisotopic (exact) mass is 345 g/mol. The third kappa shape index (κ3) is 4.04. The van der Waals surface area contributed by atoms with Gasteiger partial charge in [-0.15, -0.1) is 0 Å². The second-order valence-corrected chi connectivity index (χ2v) is 4.73. The summed E-state index contributed by atoms with van der Waals surface area (Å²) in [4.78, 5) is 3.57. The van der Waals surface area contributed by atoms with Gasteiger partial charge < -0.3 is 9.84 Å². The molecule has 2 N–H and O–H groups in total. The molecule has 0 aliphatic carbocycles. The summed E-state index contributed by atoms with van der Waals surface area (Å²) in [6.07, 6.45) is -2.62. The van der Waals surface area contributed by atoms with Gasteiger partial charge in [0.15, 0.2) is 17.3 Å². The highest BCUT2D eigenvalue weighted by atomic mass is 35.5. The Morgan fingerprint density at radius 1 is 1.39 bits per heavy atom. The van der Waals surface area contributed by atoms with Crippen LogP contribution in [0.25, 0.3) is 0 Å². The Labute approximate surface area is 134 Å². The standard InChI is InChI=1S/C14H11ClF3N3O2/c1-23-11-4-2-3-8(12(11)22)6-20-21-13-10(15)5-9(7-19-13)14(16,17)18/h2-7,22H,1H3,(H,19,21)/b20-6+. The number of hydrazone groups is 1. The van der Waals surface area contributed by atoms with Crippen molar-refractivity contribution < 1.29 is 23.0 Å². The first-order valence-electron chi connectivity index (χ1n) is 6.20. The van der Waals surface area contributed by atoms with Crippen molar-refractivity contribution in [3.63, 3.8) is 0 Å². The van der Waals surface area contributed by atoms with E-state index in [1.807, 2.05) is 0 Å². The molecular weight excluding hydrogens is 335 g/mol. The van der Waals surface area contributed by atoms with Gasteiger partial charge >= 0.3 is 6.18 Å². The van der Waals surface area contributed by atoms with Crippen LogP contribution in [0.15, 0.2) is 35.6 Å². The number of para-hydroxylation sites is 1. The van der Waals surface area contributed by atoms with Gasteiger partial charge in [0, 0.05) is 11.8 Å². The van der Waals surface area contributed by atoms with Gasteiger partial charge in [-0.05, 0) is 18.2 Å². The number of alkyl halides is 3. The molecule has 23 heavy (non-hydrogen) atoms. The minimum absolute atomic E-state index is 0.0432. The smallest absolute Gasteiger partial charge is 0.417 e. The van der Waals surface area contributed by atoms with Crippen LogP contribution in [0.1, 0.15) is 11.1 Å². The second-order valence-electron chi connectivity index (χ2n) is 4.32. The normalized spacial score (nSPS) is 11.7. The molecule has 0 saturated carbocycles. The van der Waals surface area contributed by atoms with Crippen molar-refractivity contribution in [1.82, 2.24) is 4.98 Å². The lowest BCUT2D eigenvalue weighted by Crippen LogP contribution is -2.06. The quantitative estimate of drug-likeness (QED) is 0.651. The zero-order valence-corrected chi connectivity index (χ0v) is 12.5. The molecule has 122 valence electrons. The fourth-order valence-electron chi connectivity index (χ4n) is 1.65. The van der Waals surface area contributed by atoms with E-state index in [-0.39, 0.29) is 22.3 Å². The Hall–Kier alpha value is -2.48. The number of halogens is 4. The zero-order chi connectivity index (χ0) is 17.0. The lowest BCUT2D eigenvalue weighted by atomic mass is 10.2. The molecule has 1 aromatic heterocycles. The highest BCUT2D eigenvalue weighted by molar-refractivity contribution is 6.32. The van der Waals surface area contributed by atoms with Crippen LogP contribution in [-0.2, 0) is 6.18 Å². The maximum absolute atomic E-state index is 12.5. The molecule has 0 bridgehead atoms. The molecule has 0 fully saturated rings. The molecule has 0 spiro atoms. The predicted molar refractivity (Wildman–Crippen MR) is 80.1 cm³/mol. The molecule has 0 radical (unpaired) electrons. The van der Waals surface area contributed by atoms with Crippen LogP contribution < -0.4 is 10.2 Å². The zero-order valence-electron chi connectivity index (χ0n) is 11.7. The second kappa shape index (κ2) is 6.74. The van der Waals surface area contributed by atoms with E-state index in [2.05, 4.69) is 15.5 Å². The Bertz CT molecular complexity index is 736. The van der Waals surface area contributed by atoms with Crippen LogP contribution in [-0.4, -0.2) is 23.4 Å². The number of methoxy groups -OCH3 is 1. The predicted octanol–water partition coefficient (Wildman–Crippen LogP) is 3.91. The third-order valence-corrected chi connectivity index (χ3v) is 3.08. The Balaban J connectivity index is 2.15. The number of nitrogens with one attached hydrogen (secondary N) is 1. The lowest BCUT2D eigenvalue weighted by molar-refractivity contribution is -0.137. The largest absolute Gasteiger partial charge is 0.504 e. The molecule has 1 heterocycles. The summed E-state index contributed by atoms with van der Waals surface area (Å²) in [6, 6.07) is 5.53. The molecule has 1 aromatic carbocycles. The van der Waals surface area contributed by atoms with E-state index < -0.39 is 11.7 Å². The first-order valence-corrected chi connectivity index (χ1v) is 6.58. The van der Waals surface area contributed by atoms with Crippen molar-refractivity contribution in [2.75, 3.05) is 12.5 Å². The number of hydrogen-bond acceptors (Lipinski definition) is 5. The van der Waals surface area contributed by atoms with Crippen LogP contribution in [0.3, 0.4) is 0 Å². The van der Waals surface area contributed by atoms with Gasteiger partial charge in [-0.1, -0.05) is 17.7 Å². The number of aromatic nitrogens is 1. The van der Waals surface area contributed by atoms with Crippen molar-refractivity contribution in [3.05, 3.63) is 46.6 Å². The Morgan fingerprint density at radius 3 is 2.74 bits per heavy atom. The number of nitrogens with zero attached hydrogens (tertiary/aromatic N) is 2. The lowest BCUT2D eigenvalue weighted by Gasteiger charge is -2.08. The summed E-state index contributed by atoms with van der Waals surface area (Å²) in [7, 11) is 1.40. The summed E-state index contributed by atoms with van der Waals surface area (Å²) in [5.74, 6) is 0.102. The third-order valence-electron chi connectivity index (χ3n) is 2.79.